The van der Waals surface area contributed by atoms with Crippen LogP contribution in [0.5, 0.6) is 5.75 Å². The van der Waals surface area contributed by atoms with Gasteiger partial charge in [0.25, 0.3) is 11.6 Å². The summed E-state index contributed by atoms with van der Waals surface area (Å²) in [5.41, 5.74) is 6.54. The smallest absolute Gasteiger partial charge is 0.272 e. The van der Waals surface area contributed by atoms with Gasteiger partial charge in [0, 0.05) is 31.1 Å². The van der Waals surface area contributed by atoms with E-state index >= 15 is 0 Å². The Morgan fingerprint density at radius 1 is 1.19 bits per heavy atom. The first-order valence-corrected chi connectivity index (χ1v) is 8.34. The number of nitrogens with two attached hydrogens (primary N) is 1. The number of carbonyl (C=O) groups excluding carboxylic acids is 2. The fraction of sp³-hybridized carbons (Fsp3) is 0.263. The van der Waals surface area contributed by atoms with E-state index in [1.807, 2.05) is 30.3 Å². The van der Waals surface area contributed by atoms with Crippen LogP contribution in [0.2, 0.25) is 0 Å². The molecule has 0 fully saturated rings. The van der Waals surface area contributed by atoms with E-state index in [1.54, 1.807) is 6.92 Å². The monoisotopic (exact) mass is 371 g/mol. The van der Waals surface area contributed by atoms with Crippen molar-refractivity contribution in [3.05, 3.63) is 69.8 Å². The zero-order valence-corrected chi connectivity index (χ0v) is 15.0. The molecule has 0 heterocycles. The van der Waals surface area contributed by atoms with E-state index in [4.69, 9.17) is 10.5 Å². The van der Waals surface area contributed by atoms with Crippen LogP contribution in [0, 0.1) is 17.0 Å². The number of benzene rings is 2. The minimum atomic E-state index is -0.493. The maximum atomic E-state index is 12.5. The molecule has 0 aliphatic rings. The van der Waals surface area contributed by atoms with Gasteiger partial charge in [0.1, 0.15) is 5.75 Å². The first kappa shape index (κ1) is 19.9. The topological polar surface area (TPSA) is 116 Å². The molecule has 27 heavy (non-hydrogen) atoms. The van der Waals surface area contributed by atoms with Crippen molar-refractivity contribution in [3.63, 3.8) is 0 Å². The quantitative estimate of drug-likeness (QED) is 0.536. The van der Waals surface area contributed by atoms with Crippen LogP contribution in [0.1, 0.15) is 17.5 Å². The Balaban J connectivity index is 2.02. The van der Waals surface area contributed by atoms with E-state index in [1.165, 1.54) is 23.1 Å². The summed E-state index contributed by atoms with van der Waals surface area (Å²) in [4.78, 5) is 35.5. The molecular weight excluding hydrogens is 350 g/mol. The van der Waals surface area contributed by atoms with Gasteiger partial charge < -0.3 is 15.4 Å². The standard InChI is InChI=1S/C19H21N3O5/c1-14-11-16(7-8-17(14)22(25)26)27-13-19(24)21(10-9-18(20)23)12-15-5-3-2-4-6-15/h2-8,11H,9-10,12-13H2,1H3,(H2,20,23). The molecule has 0 atom stereocenters. The van der Waals surface area contributed by atoms with Crippen LogP contribution >= 0.6 is 0 Å². The number of nitro groups is 1. The molecule has 0 spiro atoms. The van der Waals surface area contributed by atoms with Gasteiger partial charge in [-0.3, -0.25) is 19.7 Å². The van der Waals surface area contributed by atoms with E-state index < -0.39 is 10.8 Å². The Hall–Kier alpha value is -3.42. The second kappa shape index (κ2) is 9.33. The molecule has 0 radical (unpaired) electrons. The number of aryl methyl sites for hydroxylation is 1. The van der Waals surface area contributed by atoms with Crippen molar-refractivity contribution in [2.24, 2.45) is 5.73 Å². The van der Waals surface area contributed by atoms with Crippen molar-refractivity contribution < 1.29 is 19.2 Å². The summed E-state index contributed by atoms with van der Waals surface area (Å²) in [6.07, 6.45) is 0.0508. The van der Waals surface area contributed by atoms with E-state index in [0.717, 1.165) is 5.56 Å². The summed E-state index contributed by atoms with van der Waals surface area (Å²) in [5, 5.41) is 10.9. The molecule has 8 heteroatoms. The highest BCUT2D eigenvalue weighted by Gasteiger charge is 2.17. The first-order chi connectivity index (χ1) is 12.9. The molecule has 2 aromatic rings. The Morgan fingerprint density at radius 2 is 1.89 bits per heavy atom. The fourth-order valence-corrected chi connectivity index (χ4v) is 2.50. The molecule has 0 aliphatic carbocycles. The fourth-order valence-electron chi connectivity index (χ4n) is 2.50. The predicted octanol–water partition coefficient (Wildman–Crippen LogP) is 2.19. The Bertz CT molecular complexity index is 823. The third-order valence-corrected chi connectivity index (χ3v) is 3.92. The molecule has 142 valence electrons. The summed E-state index contributed by atoms with van der Waals surface area (Å²) in [6, 6.07) is 13.7. The highest BCUT2D eigenvalue weighted by Crippen LogP contribution is 2.23. The van der Waals surface area contributed by atoms with Crippen molar-refractivity contribution in [2.75, 3.05) is 13.2 Å². The highest BCUT2D eigenvalue weighted by molar-refractivity contribution is 5.79. The molecule has 0 aromatic heterocycles. The van der Waals surface area contributed by atoms with Crippen molar-refractivity contribution in [1.29, 1.82) is 0 Å². The number of ether oxygens (including phenoxy) is 1. The predicted molar refractivity (Wildman–Crippen MR) is 99.0 cm³/mol. The Morgan fingerprint density at radius 3 is 2.48 bits per heavy atom. The van der Waals surface area contributed by atoms with Crippen LogP contribution in [-0.2, 0) is 16.1 Å². The van der Waals surface area contributed by atoms with Crippen LogP contribution in [0.15, 0.2) is 48.5 Å². The molecule has 2 amide bonds. The van der Waals surface area contributed by atoms with Gasteiger partial charge in [-0.25, -0.2) is 0 Å². The number of primary amides is 1. The van der Waals surface area contributed by atoms with Gasteiger partial charge in [-0.1, -0.05) is 30.3 Å². The third-order valence-electron chi connectivity index (χ3n) is 3.92. The lowest BCUT2D eigenvalue weighted by atomic mass is 10.2. The summed E-state index contributed by atoms with van der Waals surface area (Å²) in [7, 11) is 0. The van der Waals surface area contributed by atoms with Crippen molar-refractivity contribution >= 4 is 17.5 Å². The summed E-state index contributed by atoms with van der Waals surface area (Å²) >= 11 is 0. The number of rotatable bonds is 9. The Kier molecular flexibility index (Phi) is 6.87. The number of nitro benzene ring substituents is 1. The maximum Gasteiger partial charge on any atom is 0.272 e. The SMILES string of the molecule is Cc1cc(OCC(=O)N(CCC(N)=O)Cc2ccccc2)ccc1[N+](=O)[O-]. The Labute approximate surface area is 156 Å². The summed E-state index contributed by atoms with van der Waals surface area (Å²) in [5.74, 6) is -0.440. The van der Waals surface area contributed by atoms with Crippen molar-refractivity contribution in [1.82, 2.24) is 4.90 Å². The number of amides is 2. The molecule has 0 bridgehead atoms. The zero-order chi connectivity index (χ0) is 19.8. The van der Waals surface area contributed by atoms with E-state index in [2.05, 4.69) is 0 Å². The van der Waals surface area contributed by atoms with Crippen LogP contribution < -0.4 is 10.5 Å². The van der Waals surface area contributed by atoms with E-state index in [9.17, 15) is 19.7 Å². The number of carbonyl (C=O) groups is 2. The van der Waals surface area contributed by atoms with Crippen molar-refractivity contribution in [2.45, 2.75) is 19.9 Å². The van der Waals surface area contributed by atoms with Crippen LogP contribution in [0.4, 0.5) is 5.69 Å². The largest absolute Gasteiger partial charge is 0.484 e. The third kappa shape index (κ3) is 6.10. The maximum absolute atomic E-state index is 12.5. The summed E-state index contributed by atoms with van der Waals surface area (Å²) < 4.78 is 5.48. The van der Waals surface area contributed by atoms with Crippen LogP contribution in [-0.4, -0.2) is 34.8 Å². The molecule has 8 nitrogen and oxygen atoms in total. The number of nitrogens with zero attached hydrogens (tertiary/aromatic N) is 2. The molecule has 0 saturated heterocycles. The molecule has 0 saturated carbocycles. The zero-order valence-electron chi connectivity index (χ0n) is 15.0. The lowest BCUT2D eigenvalue weighted by Gasteiger charge is -2.22. The van der Waals surface area contributed by atoms with Gasteiger partial charge in [-0.15, -0.1) is 0 Å². The molecule has 2 N–H and O–H groups in total. The minimum Gasteiger partial charge on any atom is -0.484 e. The van der Waals surface area contributed by atoms with Crippen LogP contribution in [0.3, 0.4) is 0 Å². The molecule has 2 rings (SSSR count). The lowest BCUT2D eigenvalue weighted by Crippen LogP contribution is -2.36. The normalized spacial score (nSPS) is 10.3. The average Bonchev–Trinajstić information content (AvgIpc) is 2.63. The molecular formula is C19H21N3O5. The van der Waals surface area contributed by atoms with Crippen LogP contribution in [0.25, 0.3) is 0 Å². The van der Waals surface area contributed by atoms with Gasteiger partial charge in [0.2, 0.25) is 5.91 Å². The van der Waals surface area contributed by atoms with E-state index in [-0.39, 0.29) is 31.2 Å². The second-order valence-electron chi connectivity index (χ2n) is 6.01. The molecule has 0 aliphatic heterocycles. The van der Waals surface area contributed by atoms with Gasteiger partial charge in [-0.05, 0) is 24.6 Å². The second-order valence-corrected chi connectivity index (χ2v) is 6.01. The van der Waals surface area contributed by atoms with E-state index in [0.29, 0.717) is 17.9 Å². The van der Waals surface area contributed by atoms with Gasteiger partial charge in [0.05, 0.1) is 4.92 Å². The average molecular weight is 371 g/mol. The van der Waals surface area contributed by atoms with Gasteiger partial charge >= 0.3 is 0 Å². The molecule has 0 unspecified atom stereocenters. The summed E-state index contributed by atoms with van der Waals surface area (Å²) in [6.45, 7) is 1.87. The van der Waals surface area contributed by atoms with Gasteiger partial charge in [-0.2, -0.15) is 0 Å². The lowest BCUT2D eigenvalue weighted by molar-refractivity contribution is -0.385. The van der Waals surface area contributed by atoms with Gasteiger partial charge in [0.15, 0.2) is 6.61 Å². The van der Waals surface area contributed by atoms with Crippen molar-refractivity contribution in [3.8, 4) is 5.75 Å². The highest BCUT2D eigenvalue weighted by atomic mass is 16.6. The number of hydrogen-bond donors (Lipinski definition) is 1. The molecule has 2 aromatic carbocycles. The minimum absolute atomic E-state index is 0.0131. The first-order valence-electron chi connectivity index (χ1n) is 8.34. The number of hydrogen-bond acceptors (Lipinski definition) is 5.